The van der Waals surface area contributed by atoms with Gasteiger partial charge in [0.1, 0.15) is 0 Å². The van der Waals surface area contributed by atoms with E-state index in [9.17, 15) is 0 Å². The van der Waals surface area contributed by atoms with Crippen molar-refractivity contribution >= 4 is 22.1 Å². The van der Waals surface area contributed by atoms with Crippen LogP contribution in [0.1, 0.15) is 52.8 Å². The molecule has 4 nitrogen and oxygen atoms in total. The molecular formula is C43H41IrN3O-2. The summed E-state index contributed by atoms with van der Waals surface area (Å²) in [4.78, 5) is 14.0. The van der Waals surface area contributed by atoms with E-state index in [0.717, 1.165) is 51.0 Å². The van der Waals surface area contributed by atoms with Crippen LogP contribution in [0.3, 0.4) is 0 Å². The van der Waals surface area contributed by atoms with Crippen molar-refractivity contribution in [1.82, 2.24) is 15.0 Å². The first kappa shape index (κ1) is 34.9. The molecule has 0 aliphatic heterocycles. The average Bonchev–Trinajstić information content (AvgIpc) is 3.42. The second kappa shape index (κ2) is 14.8. The molecule has 7 aromatic rings. The number of benzene rings is 3. The molecule has 0 saturated carbocycles. The predicted octanol–water partition coefficient (Wildman–Crippen LogP) is 11.1. The normalized spacial score (nSPS) is 11.0. The molecule has 1 radical (unpaired) electrons. The summed E-state index contributed by atoms with van der Waals surface area (Å²) in [6, 6.07) is 31.6. The van der Waals surface area contributed by atoms with Crippen LogP contribution in [0.4, 0.5) is 0 Å². The largest absolute Gasteiger partial charge is 0.486 e. The standard InChI is InChI=1S/C29H27N2O.C14H14N.Ir/c1-17(2)14-21-15-26(30-16-20(21)5)24-11-7-10-22-23-12-13-25(31-29(23)32-28(22)24)27-18(3)8-6-9-19(27)4;1-10-4-6-13(7-5-10)14-8-11(2)12(3)9-15-14;/h6-10,12-13,15-17H,14H2,1-5H3;4-6,8-9H,1-3H3;/q2*-1;. The molecule has 4 aromatic heterocycles. The van der Waals surface area contributed by atoms with Gasteiger partial charge in [-0.1, -0.05) is 73.2 Å². The Morgan fingerprint density at radius 2 is 1.42 bits per heavy atom. The minimum Gasteiger partial charge on any atom is -0.486 e. The third kappa shape index (κ3) is 7.33. The quantitative estimate of drug-likeness (QED) is 0.163. The van der Waals surface area contributed by atoms with Crippen LogP contribution in [0.2, 0.25) is 0 Å². The van der Waals surface area contributed by atoms with Crippen LogP contribution in [-0.4, -0.2) is 15.0 Å². The molecule has 0 atom stereocenters. The van der Waals surface area contributed by atoms with E-state index in [4.69, 9.17) is 14.4 Å². The fraction of sp³-hybridized carbons (Fsp3) is 0.233. The average molecular weight is 808 g/mol. The Labute approximate surface area is 298 Å². The fourth-order valence-electron chi connectivity index (χ4n) is 5.97. The van der Waals surface area contributed by atoms with Gasteiger partial charge < -0.3 is 14.4 Å². The molecule has 0 N–H and O–H groups in total. The van der Waals surface area contributed by atoms with Crippen molar-refractivity contribution in [2.75, 3.05) is 0 Å². The van der Waals surface area contributed by atoms with Gasteiger partial charge in [-0.3, -0.25) is 0 Å². The molecule has 0 aliphatic carbocycles. The van der Waals surface area contributed by atoms with Crippen LogP contribution in [0.25, 0.3) is 55.8 Å². The summed E-state index contributed by atoms with van der Waals surface area (Å²) in [5.74, 6) is 0.586. The Morgan fingerprint density at radius 3 is 2.10 bits per heavy atom. The predicted molar refractivity (Wildman–Crippen MR) is 194 cm³/mol. The second-order valence-electron chi connectivity index (χ2n) is 13.0. The minimum absolute atomic E-state index is 0. The number of furan rings is 1. The van der Waals surface area contributed by atoms with E-state index >= 15 is 0 Å². The molecule has 5 heteroatoms. The molecule has 0 spiro atoms. The van der Waals surface area contributed by atoms with Crippen molar-refractivity contribution in [2.24, 2.45) is 5.92 Å². The van der Waals surface area contributed by atoms with E-state index in [1.165, 1.54) is 44.5 Å². The first-order valence-corrected chi connectivity index (χ1v) is 16.3. The SMILES string of the molecule is Cc1c[c-]c(-c2cc(C)c(C)cn2)cc1.Cc1cnc(-c2[c-]ccc3c2oc2nc(-c4c(C)cccc4C)ccc23)cc1CC(C)C.[Ir]. The van der Waals surface area contributed by atoms with Crippen LogP contribution in [-0.2, 0) is 26.5 Å². The van der Waals surface area contributed by atoms with Crippen molar-refractivity contribution in [3.8, 4) is 33.8 Å². The molecular weight excluding hydrogens is 767 g/mol. The summed E-state index contributed by atoms with van der Waals surface area (Å²) in [6.07, 6.45) is 4.90. The summed E-state index contributed by atoms with van der Waals surface area (Å²) in [6.45, 7) is 17.1. The van der Waals surface area contributed by atoms with Crippen LogP contribution in [0.5, 0.6) is 0 Å². The summed E-state index contributed by atoms with van der Waals surface area (Å²) < 4.78 is 6.35. The number of fused-ring (bicyclic) bond motifs is 3. The van der Waals surface area contributed by atoms with Gasteiger partial charge in [-0.15, -0.1) is 53.6 Å². The van der Waals surface area contributed by atoms with Crippen LogP contribution in [0.15, 0.2) is 89.6 Å². The molecule has 48 heavy (non-hydrogen) atoms. The number of aromatic nitrogens is 3. The number of aryl methyl sites for hydroxylation is 6. The van der Waals surface area contributed by atoms with Crippen molar-refractivity contribution < 1.29 is 24.5 Å². The van der Waals surface area contributed by atoms with Gasteiger partial charge >= 0.3 is 0 Å². The number of pyridine rings is 3. The maximum absolute atomic E-state index is 6.35. The molecule has 3 aromatic carbocycles. The van der Waals surface area contributed by atoms with E-state index < -0.39 is 0 Å². The molecule has 4 heterocycles. The van der Waals surface area contributed by atoms with E-state index in [2.05, 4.69) is 127 Å². The van der Waals surface area contributed by atoms with E-state index in [1.54, 1.807) is 0 Å². The number of nitrogens with zero attached hydrogens (tertiary/aromatic N) is 3. The summed E-state index contributed by atoms with van der Waals surface area (Å²) in [5.41, 5.74) is 16.1. The Balaban J connectivity index is 0.000000237. The van der Waals surface area contributed by atoms with E-state index in [0.29, 0.717) is 11.6 Å². The first-order valence-electron chi connectivity index (χ1n) is 16.3. The molecule has 0 bridgehead atoms. The van der Waals surface area contributed by atoms with Gasteiger partial charge in [-0.05, 0) is 92.7 Å². The topological polar surface area (TPSA) is 51.8 Å². The van der Waals surface area contributed by atoms with Crippen LogP contribution < -0.4 is 0 Å². The van der Waals surface area contributed by atoms with Crippen molar-refractivity contribution in [3.05, 3.63) is 136 Å². The third-order valence-corrected chi connectivity index (χ3v) is 8.75. The minimum atomic E-state index is 0. The van der Waals surface area contributed by atoms with Crippen molar-refractivity contribution in [1.29, 1.82) is 0 Å². The summed E-state index contributed by atoms with van der Waals surface area (Å²) in [7, 11) is 0. The zero-order chi connectivity index (χ0) is 33.2. The van der Waals surface area contributed by atoms with E-state index in [1.807, 2.05) is 30.6 Å². The molecule has 0 amide bonds. The molecule has 245 valence electrons. The number of hydrogen-bond donors (Lipinski definition) is 0. The monoisotopic (exact) mass is 808 g/mol. The molecule has 0 unspecified atom stereocenters. The molecule has 0 fully saturated rings. The Bertz CT molecular complexity index is 2190. The number of hydrogen-bond acceptors (Lipinski definition) is 4. The van der Waals surface area contributed by atoms with Crippen LogP contribution in [0, 0.1) is 59.6 Å². The van der Waals surface area contributed by atoms with Gasteiger partial charge in [-0.25, -0.2) is 4.98 Å². The van der Waals surface area contributed by atoms with Gasteiger partial charge in [0.2, 0.25) is 5.71 Å². The van der Waals surface area contributed by atoms with Crippen molar-refractivity contribution in [2.45, 2.75) is 61.8 Å². The molecule has 0 saturated heterocycles. The Kier molecular flexibility index (Phi) is 10.7. The second-order valence-corrected chi connectivity index (χ2v) is 13.0. The van der Waals surface area contributed by atoms with Crippen LogP contribution >= 0.6 is 0 Å². The number of rotatable bonds is 5. The van der Waals surface area contributed by atoms with Gasteiger partial charge in [0.05, 0.1) is 11.3 Å². The molecule has 7 rings (SSSR count). The van der Waals surface area contributed by atoms with Gasteiger partial charge in [0, 0.05) is 43.4 Å². The smallest absolute Gasteiger partial charge is 0.216 e. The third-order valence-electron chi connectivity index (χ3n) is 8.75. The maximum Gasteiger partial charge on any atom is 0.216 e. The Hall–Kier alpha value is -4.44. The van der Waals surface area contributed by atoms with Gasteiger partial charge in [-0.2, -0.15) is 0 Å². The molecule has 0 aliphatic rings. The maximum atomic E-state index is 6.35. The van der Waals surface area contributed by atoms with E-state index in [-0.39, 0.29) is 20.1 Å². The fourth-order valence-corrected chi connectivity index (χ4v) is 5.97. The van der Waals surface area contributed by atoms with Gasteiger partial charge in [0.15, 0.2) is 0 Å². The summed E-state index contributed by atoms with van der Waals surface area (Å²) >= 11 is 0. The van der Waals surface area contributed by atoms with Gasteiger partial charge in [0.25, 0.3) is 0 Å². The first-order chi connectivity index (χ1) is 22.6. The zero-order valence-electron chi connectivity index (χ0n) is 29.0. The summed E-state index contributed by atoms with van der Waals surface area (Å²) in [5, 5.41) is 2.06. The Morgan fingerprint density at radius 1 is 0.688 bits per heavy atom. The zero-order valence-corrected chi connectivity index (χ0v) is 31.3. The van der Waals surface area contributed by atoms with Crippen molar-refractivity contribution in [3.63, 3.8) is 0 Å².